The van der Waals surface area contributed by atoms with Crippen LogP contribution in [0.2, 0.25) is 5.02 Å². The number of nitrogens with one attached hydrogen (secondary N) is 1. The number of nitriles is 1. The highest BCUT2D eigenvalue weighted by molar-refractivity contribution is 6.30. The Morgan fingerprint density at radius 1 is 1.53 bits per heavy atom. The summed E-state index contributed by atoms with van der Waals surface area (Å²) in [5.74, 6) is 0. The van der Waals surface area contributed by atoms with Gasteiger partial charge in [0.05, 0.1) is 24.0 Å². The monoisotopic (exact) mass is 226 g/mol. The Kier molecular flexibility index (Phi) is 4.37. The molecule has 0 aromatic heterocycles. The molecular formula is C10H11ClN2O2. The van der Waals surface area contributed by atoms with Gasteiger partial charge in [-0.2, -0.15) is 5.26 Å². The molecule has 80 valence electrons. The zero-order valence-electron chi connectivity index (χ0n) is 7.94. The molecule has 1 unspecified atom stereocenters. The van der Waals surface area contributed by atoms with Crippen LogP contribution in [0.15, 0.2) is 18.2 Å². The first-order valence-electron chi connectivity index (χ1n) is 4.40. The molecule has 3 N–H and O–H groups in total. The molecule has 0 radical (unpaired) electrons. The van der Waals surface area contributed by atoms with Gasteiger partial charge in [0.2, 0.25) is 0 Å². The Hall–Kier alpha value is -1.28. The van der Waals surface area contributed by atoms with Gasteiger partial charge >= 0.3 is 0 Å². The van der Waals surface area contributed by atoms with Gasteiger partial charge < -0.3 is 15.5 Å². The minimum absolute atomic E-state index is 0.187. The quantitative estimate of drug-likeness (QED) is 0.715. The number of aliphatic hydroxyl groups excluding tert-OH is 2. The van der Waals surface area contributed by atoms with E-state index in [-0.39, 0.29) is 13.2 Å². The second kappa shape index (κ2) is 5.56. The van der Waals surface area contributed by atoms with Crippen LogP contribution in [0.25, 0.3) is 0 Å². The first-order chi connectivity index (χ1) is 7.17. The van der Waals surface area contributed by atoms with Crippen molar-refractivity contribution in [1.29, 1.82) is 5.26 Å². The Bertz CT molecular complexity index is 376. The van der Waals surface area contributed by atoms with Crippen LogP contribution in [0, 0.1) is 11.3 Å². The SMILES string of the molecule is N#Cc1cc(Cl)ccc1NCC(O)CO. The minimum Gasteiger partial charge on any atom is -0.394 e. The number of hydrogen-bond acceptors (Lipinski definition) is 4. The van der Waals surface area contributed by atoms with Crippen LogP contribution in [0.5, 0.6) is 0 Å². The van der Waals surface area contributed by atoms with Gasteiger partial charge in [-0.15, -0.1) is 0 Å². The van der Waals surface area contributed by atoms with Gasteiger partial charge in [-0.25, -0.2) is 0 Å². The lowest BCUT2D eigenvalue weighted by Gasteiger charge is -2.11. The topological polar surface area (TPSA) is 76.3 Å². The van der Waals surface area contributed by atoms with E-state index in [1.165, 1.54) is 6.07 Å². The van der Waals surface area contributed by atoms with Gasteiger partial charge in [0.15, 0.2) is 0 Å². The number of nitrogens with zero attached hydrogens (tertiary/aromatic N) is 1. The summed E-state index contributed by atoms with van der Waals surface area (Å²) < 4.78 is 0. The van der Waals surface area contributed by atoms with Crippen molar-refractivity contribution < 1.29 is 10.2 Å². The third kappa shape index (κ3) is 3.40. The van der Waals surface area contributed by atoms with Gasteiger partial charge in [-0.05, 0) is 18.2 Å². The second-order valence-electron chi connectivity index (χ2n) is 3.02. The van der Waals surface area contributed by atoms with Gasteiger partial charge in [-0.3, -0.25) is 0 Å². The van der Waals surface area contributed by atoms with Crippen LogP contribution in [0.1, 0.15) is 5.56 Å². The fraction of sp³-hybridized carbons (Fsp3) is 0.300. The highest BCUT2D eigenvalue weighted by atomic mass is 35.5. The van der Waals surface area contributed by atoms with E-state index in [4.69, 9.17) is 27.1 Å². The van der Waals surface area contributed by atoms with Crippen molar-refractivity contribution in [2.45, 2.75) is 6.10 Å². The molecule has 4 nitrogen and oxygen atoms in total. The Morgan fingerprint density at radius 3 is 2.87 bits per heavy atom. The fourth-order valence-corrected chi connectivity index (χ4v) is 1.23. The Balaban J connectivity index is 2.73. The molecule has 0 saturated heterocycles. The molecule has 1 atom stereocenters. The first kappa shape index (κ1) is 11.8. The predicted octanol–water partition coefficient (Wildman–Crippen LogP) is 0.977. The number of halogens is 1. The van der Waals surface area contributed by atoms with Crippen LogP contribution < -0.4 is 5.32 Å². The molecule has 0 aliphatic carbocycles. The summed E-state index contributed by atoms with van der Waals surface area (Å²) in [7, 11) is 0. The number of rotatable bonds is 4. The number of benzene rings is 1. The van der Waals surface area contributed by atoms with E-state index in [0.717, 1.165) is 0 Å². The molecule has 0 heterocycles. The summed E-state index contributed by atoms with van der Waals surface area (Å²) >= 11 is 5.72. The number of hydrogen-bond donors (Lipinski definition) is 3. The normalized spacial score (nSPS) is 11.9. The highest BCUT2D eigenvalue weighted by Crippen LogP contribution is 2.19. The summed E-state index contributed by atoms with van der Waals surface area (Å²) in [5.41, 5.74) is 1.00. The van der Waals surface area contributed by atoms with Gasteiger partial charge in [0.25, 0.3) is 0 Å². The summed E-state index contributed by atoms with van der Waals surface area (Å²) in [4.78, 5) is 0. The summed E-state index contributed by atoms with van der Waals surface area (Å²) in [6, 6.07) is 6.83. The molecule has 15 heavy (non-hydrogen) atoms. The molecule has 0 amide bonds. The number of aliphatic hydroxyl groups is 2. The maximum Gasteiger partial charge on any atom is 0.101 e. The maximum atomic E-state index is 9.12. The average Bonchev–Trinajstić information content (AvgIpc) is 2.26. The fourth-order valence-electron chi connectivity index (χ4n) is 1.06. The molecular weight excluding hydrogens is 216 g/mol. The van der Waals surface area contributed by atoms with E-state index in [0.29, 0.717) is 16.3 Å². The van der Waals surface area contributed by atoms with Gasteiger partial charge in [-0.1, -0.05) is 11.6 Å². The minimum atomic E-state index is -0.841. The van der Waals surface area contributed by atoms with Crippen molar-refractivity contribution >= 4 is 17.3 Å². The van der Waals surface area contributed by atoms with Crippen LogP contribution in [0.3, 0.4) is 0 Å². The molecule has 1 aromatic rings. The van der Waals surface area contributed by atoms with E-state index in [2.05, 4.69) is 5.32 Å². The molecule has 0 aliphatic heterocycles. The second-order valence-corrected chi connectivity index (χ2v) is 3.46. The van der Waals surface area contributed by atoms with E-state index in [1.807, 2.05) is 6.07 Å². The zero-order valence-corrected chi connectivity index (χ0v) is 8.70. The van der Waals surface area contributed by atoms with E-state index in [1.54, 1.807) is 12.1 Å². The standard InChI is InChI=1S/C10H11ClN2O2/c11-8-1-2-10(7(3-8)4-12)13-5-9(15)6-14/h1-3,9,13-15H,5-6H2. The van der Waals surface area contributed by atoms with Crippen LogP contribution in [0.4, 0.5) is 5.69 Å². The van der Waals surface area contributed by atoms with Gasteiger partial charge in [0.1, 0.15) is 6.07 Å². The summed E-state index contributed by atoms with van der Waals surface area (Å²) in [5, 5.41) is 29.9. The van der Waals surface area contributed by atoms with E-state index in [9.17, 15) is 0 Å². The van der Waals surface area contributed by atoms with Crippen LogP contribution in [-0.4, -0.2) is 29.5 Å². The third-order valence-electron chi connectivity index (χ3n) is 1.84. The van der Waals surface area contributed by atoms with Crippen molar-refractivity contribution in [2.24, 2.45) is 0 Å². The Morgan fingerprint density at radius 2 is 2.27 bits per heavy atom. The van der Waals surface area contributed by atoms with Gasteiger partial charge in [0, 0.05) is 11.6 Å². The lowest BCUT2D eigenvalue weighted by molar-refractivity contribution is 0.105. The summed E-state index contributed by atoms with van der Waals surface area (Å²) in [6.07, 6.45) is -0.841. The lowest BCUT2D eigenvalue weighted by atomic mass is 10.2. The van der Waals surface area contributed by atoms with Crippen molar-refractivity contribution in [1.82, 2.24) is 0 Å². The zero-order chi connectivity index (χ0) is 11.3. The van der Waals surface area contributed by atoms with Crippen LogP contribution in [-0.2, 0) is 0 Å². The smallest absolute Gasteiger partial charge is 0.101 e. The van der Waals surface area contributed by atoms with Crippen LogP contribution >= 0.6 is 11.6 Å². The number of anilines is 1. The predicted molar refractivity (Wildman–Crippen MR) is 57.7 cm³/mol. The lowest BCUT2D eigenvalue weighted by Crippen LogP contribution is -2.23. The highest BCUT2D eigenvalue weighted by Gasteiger charge is 2.05. The molecule has 0 bridgehead atoms. The molecule has 0 saturated carbocycles. The first-order valence-corrected chi connectivity index (χ1v) is 4.77. The largest absolute Gasteiger partial charge is 0.394 e. The molecule has 1 aromatic carbocycles. The van der Waals surface area contributed by atoms with Crippen molar-refractivity contribution in [3.63, 3.8) is 0 Å². The summed E-state index contributed by atoms with van der Waals surface area (Å²) in [6.45, 7) is -0.130. The van der Waals surface area contributed by atoms with Crippen molar-refractivity contribution in [3.05, 3.63) is 28.8 Å². The molecule has 0 fully saturated rings. The molecule has 5 heteroatoms. The third-order valence-corrected chi connectivity index (χ3v) is 2.08. The Labute approximate surface area is 92.7 Å². The van der Waals surface area contributed by atoms with Crippen molar-refractivity contribution in [3.8, 4) is 6.07 Å². The average molecular weight is 227 g/mol. The molecule has 1 rings (SSSR count). The maximum absolute atomic E-state index is 9.12. The van der Waals surface area contributed by atoms with E-state index < -0.39 is 6.10 Å². The van der Waals surface area contributed by atoms with Crippen molar-refractivity contribution in [2.75, 3.05) is 18.5 Å². The molecule has 0 aliphatic rings. The van der Waals surface area contributed by atoms with E-state index >= 15 is 0 Å². The molecule has 0 spiro atoms.